The molecular formula is C26H20O7. The molecule has 0 atom stereocenters. The lowest BCUT2D eigenvalue weighted by Crippen LogP contribution is -2.10. The minimum Gasteiger partial charge on any atom is -0.462 e. The van der Waals surface area contributed by atoms with Gasteiger partial charge in [0.05, 0.1) is 23.1 Å². The summed E-state index contributed by atoms with van der Waals surface area (Å²) in [6, 6.07) is 19.4. The van der Waals surface area contributed by atoms with E-state index in [1.807, 2.05) is 0 Å². The molecule has 0 aliphatic rings. The van der Waals surface area contributed by atoms with Crippen molar-refractivity contribution < 1.29 is 28.2 Å². The van der Waals surface area contributed by atoms with Crippen LogP contribution in [0.5, 0.6) is 17.2 Å². The number of esters is 2. The molecule has 0 fully saturated rings. The zero-order valence-electron chi connectivity index (χ0n) is 18.0. The van der Waals surface area contributed by atoms with Gasteiger partial charge in [-0.3, -0.25) is 4.79 Å². The fourth-order valence-electron chi connectivity index (χ4n) is 3.18. The second-order valence-electron chi connectivity index (χ2n) is 7.08. The molecule has 0 spiro atoms. The predicted molar refractivity (Wildman–Crippen MR) is 121 cm³/mol. The Balaban J connectivity index is 1.58. The van der Waals surface area contributed by atoms with Gasteiger partial charge in [0.1, 0.15) is 22.8 Å². The van der Waals surface area contributed by atoms with Crippen LogP contribution in [0, 0.1) is 6.92 Å². The Morgan fingerprint density at radius 1 is 0.848 bits per heavy atom. The summed E-state index contributed by atoms with van der Waals surface area (Å²) in [5, 5.41) is 0.276. The van der Waals surface area contributed by atoms with Crippen LogP contribution in [0.3, 0.4) is 0 Å². The molecule has 1 heterocycles. The molecule has 0 saturated heterocycles. The normalized spacial score (nSPS) is 10.6. The quantitative estimate of drug-likeness (QED) is 0.295. The first kappa shape index (κ1) is 21.8. The summed E-state index contributed by atoms with van der Waals surface area (Å²) in [5.41, 5.74) is 0.682. The number of hydrogen-bond acceptors (Lipinski definition) is 7. The van der Waals surface area contributed by atoms with Crippen LogP contribution in [-0.4, -0.2) is 18.5 Å². The van der Waals surface area contributed by atoms with E-state index in [1.165, 1.54) is 18.2 Å². The van der Waals surface area contributed by atoms with Gasteiger partial charge in [-0.1, -0.05) is 18.2 Å². The summed E-state index contributed by atoms with van der Waals surface area (Å²) in [6.45, 7) is 3.61. The summed E-state index contributed by atoms with van der Waals surface area (Å²) >= 11 is 0. The Morgan fingerprint density at radius 3 is 2.21 bits per heavy atom. The van der Waals surface area contributed by atoms with Crippen molar-refractivity contribution in [2.45, 2.75) is 13.8 Å². The molecule has 7 heteroatoms. The Morgan fingerprint density at radius 2 is 1.52 bits per heavy atom. The van der Waals surface area contributed by atoms with Crippen molar-refractivity contribution in [3.63, 3.8) is 0 Å². The largest absolute Gasteiger partial charge is 0.462 e. The number of fused-ring (bicyclic) bond motifs is 1. The van der Waals surface area contributed by atoms with Crippen molar-refractivity contribution in [3.8, 4) is 17.2 Å². The van der Waals surface area contributed by atoms with Gasteiger partial charge in [0, 0.05) is 6.07 Å². The maximum absolute atomic E-state index is 13.0. The van der Waals surface area contributed by atoms with E-state index in [0.29, 0.717) is 16.9 Å². The number of aryl methyl sites for hydroxylation is 1. The maximum atomic E-state index is 13.0. The van der Waals surface area contributed by atoms with E-state index < -0.39 is 11.9 Å². The zero-order valence-corrected chi connectivity index (χ0v) is 18.0. The van der Waals surface area contributed by atoms with E-state index in [4.69, 9.17) is 18.6 Å². The molecule has 0 aliphatic carbocycles. The van der Waals surface area contributed by atoms with Gasteiger partial charge < -0.3 is 18.6 Å². The lowest BCUT2D eigenvalue weighted by Gasteiger charge is -2.10. The van der Waals surface area contributed by atoms with Crippen LogP contribution in [0.15, 0.2) is 82.0 Å². The molecule has 166 valence electrons. The van der Waals surface area contributed by atoms with Crippen LogP contribution in [-0.2, 0) is 4.74 Å². The van der Waals surface area contributed by atoms with Gasteiger partial charge in [0.15, 0.2) is 0 Å². The van der Waals surface area contributed by atoms with Crippen LogP contribution in [0.1, 0.15) is 33.4 Å². The molecule has 7 nitrogen and oxygen atoms in total. The highest BCUT2D eigenvalue weighted by Crippen LogP contribution is 2.28. The van der Waals surface area contributed by atoms with Crippen LogP contribution in [0.2, 0.25) is 0 Å². The third kappa shape index (κ3) is 4.77. The highest BCUT2D eigenvalue weighted by atomic mass is 16.5. The van der Waals surface area contributed by atoms with Gasteiger partial charge in [0.25, 0.3) is 0 Å². The number of carbonyl (C=O) groups excluding carboxylic acids is 2. The van der Waals surface area contributed by atoms with Crippen molar-refractivity contribution in [2.24, 2.45) is 0 Å². The standard InChI is InChI=1S/C26H20O7/c1-3-30-25(28)18-9-11-19(12-10-18)32-24-16(2)31-22-15-20(13-14-21(22)23(24)27)33-26(29)17-7-5-4-6-8-17/h4-15H,3H2,1-2H3. The van der Waals surface area contributed by atoms with E-state index in [2.05, 4.69) is 0 Å². The summed E-state index contributed by atoms with van der Waals surface area (Å²) < 4.78 is 21.9. The van der Waals surface area contributed by atoms with Crippen LogP contribution >= 0.6 is 0 Å². The second-order valence-corrected chi connectivity index (χ2v) is 7.08. The van der Waals surface area contributed by atoms with Crippen LogP contribution < -0.4 is 14.9 Å². The van der Waals surface area contributed by atoms with Gasteiger partial charge in [0.2, 0.25) is 11.2 Å². The maximum Gasteiger partial charge on any atom is 0.343 e. The molecule has 0 N–H and O–H groups in total. The molecule has 33 heavy (non-hydrogen) atoms. The first-order valence-electron chi connectivity index (χ1n) is 10.3. The van der Waals surface area contributed by atoms with Crippen LogP contribution in [0.25, 0.3) is 11.0 Å². The summed E-state index contributed by atoms with van der Waals surface area (Å²) in [6.07, 6.45) is 0. The smallest absolute Gasteiger partial charge is 0.343 e. The molecule has 0 amide bonds. The Hall–Kier alpha value is -4.39. The zero-order chi connectivity index (χ0) is 23.4. The molecule has 4 aromatic rings. The van der Waals surface area contributed by atoms with Crippen molar-refractivity contribution in [2.75, 3.05) is 6.61 Å². The second kappa shape index (κ2) is 9.40. The van der Waals surface area contributed by atoms with E-state index >= 15 is 0 Å². The molecule has 0 radical (unpaired) electrons. The summed E-state index contributed by atoms with van der Waals surface area (Å²) in [7, 11) is 0. The van der Waals surface area contributed by atoms with Gasteiger partial charge in [-0.25, -0.2) is 9.59 Å². The lowest BCUT2D eigenvalue weighted by atomic mass is 10.2. The molecule has 0 unspecified atom stereocenters. The highest BCUT2D eigenvalue weighted by Gasteiger charge is 2.16. The summed E-state index contributed by atoms with van der Waals surface area (Å²) in [5.74, 6) is -0.0447. The molecule has 0 bridgehead atoms. The Kier molecular flexibility index (Phi) is 6.22. The van der Waals surface area contributed by atoms with Crippen LogP contribution in [0.4, 0.5) is 0 Å². The van der Waals surface area contributed by atoms with Gasteiger partial charge in [-0.15, -0.1) is 0 Å². The van der Waals surface area contributed by atoms with E-state index in [0.717, 1.165) is 0 Å². The van der Waals surface area contributed by atoms with Crippen molar-refractivity contribution in [1.82, 2.24) is 0 Å². The number of rotatable bonds is 6. The van der Waals surface area contributed by atoms with E-state index in [-0.39, 0.29) is 40.3 Å². The number of hydrogen-bond donors (Lipinski definition) is 0. The average molecular weight is 444 g/mol. The molecule has 4 rings (SSSR count). The van der Waals surface area contributed by atoms with Gasteiger partial charge in [-0.05, 0) is 62.4 Å². The van der Waals surface area contributed by atoms with Crippen molar-refractivity contribution >= 4 is 22.9 Å². The lowest BCUT2D eigenvalue weighted by molar-refractivity contribution is 0.0526. The Bertz CT molecular complexity index is 1370. The first-order valence-corrected chi connectivity index (χ1v) is 10.3. The first-order chi connectivity index (χ1) is 16.0. The minimum atomic E-state index is -0.514. The molecule has 0 saturated carbocycles. The Labute approximate surface area is 189 Å². The van der Waals surface area contributed by atoms with E-state index in [9.17, 15) is 14.4 Å². The van der Waals surface area contributed by atoms with Gasteiger partial charge >= 0.3 is 11.9 Å². The number of benzene rings is 3. The highest BCUT2D eigenvalue weighted by molar-refractivity contribution is 5.91. The molecule has 3 aromatic carbocycles. The average Bonchev–Trinajstić information content (AvgIpc) is 2.82. The third-order valence-corrected chi connectivity index (χ3v) is 4.79. The monoisotopic (exact) mass is 444 g/mol. The SMILES string of the molecule is CCOC(=O)c1ccc(Oc2c(C)oc3cc(OC(=O)c4ccccc4)ccc3c2=O)cc1. The number of ether oxygens (including phenoxy) is 3. The fourth-order valence-corrected chi connectivity index (χ4v) is 3.18. The molecule has 1 aromatic heterocycles. The predicted octanol–water partition coefficient (Wildman–Crippen LogP) is 5.29. The molecule has 0 aliphatic heterocycles. The molecular weight excluding hydrogens is 424 g/mol. The summed E-state index contributed by atoms with van der Waals surface area (Å²) in [4.78, 5) is 37.1. The minimum absolute atomic E-state index is 0.0282. The third-order valence-electron chi connectivity index (χ3n) is 4.79. The van der Waals surface area contributed by atoms with Gasteiger partial charge in [-0.2, -0.15) is 0 Å². The van der Waals surface area contributed by atoms with Crippen molar-refractivity contribution in [1.29, 1.82) is 0 Å². The number of carbonyl (C=O) groups is 2. The fraction of sp³-hybridized carbons (Fsp3) is 0.115. The van der Waals surface area contributed by atoms with Crippen molar-refractivity contribution in [3.05, 3.63) is 99.9 Å². The topological polar surface area (TPSA) is 92.0 Å². The van der Waals surface area contributed by atoms with E-state index in [1.54, 1.807) is 68.4 Å².